The molecule has 2 aliphatic heterocycles. The van der Waals surface area contributed by atoms with Gasteiger partial charge in [-0.3, -0.25) is 19.4 Å². The molecule has 0 unspecified atom stereocenters. The molecule has 7 nitrogen and oxygen atoms in total. The Hall–Kier alpha value is -3.16. The number of rotatable bonds is 10. The summed E-state index contributed by atoms with van der Waals surface area (Å²) in [6.45, 7) is 7.48. The molecule has 3 heterocycles. The third-order valence-corrected chi connectivity index (χ3v) is 8.25. The fourth-order valence-corrected chi connectivity index (χ4v) is 5.93. The molecule has 8 heteroatoms. The average Bonchev–Trinajstić information content (AvgIpc) is 3.37. The number of hydrogen-bond donors (Lipinski definition) is 0. The molecule has 0 radical (unpaired) electrons. The van der Waals surface area contributed by atoms with Crippen molar-refractivity contribution in [1.82, 2.24) is 19.4 Å². The molecule has 0 atom stereocenters. The van der Waals surface area contributed by atoms with Gasteiger partial charge in [-0.1, -0.05) is 61.3 Å². The van der Waals surface area contributed by atoms with Crippen LogP contribution in [0.15, 0.2) is 54.6 Å². The Labute approximate surface area is 242 Å². The molecule has 1 saturated heterocycles. The van der Waals surface area contributed by atoms with Gasteiger partial charge in [0.05, 0.1) is 0 Å². The van der Waals surface area contributed by atoms with Gasteiger partial charge in [-0.15, -0.1) is 0 Å². The van der Waals surface area contributed by atoms with Crippen LogP contribution in [0.5, 0.6) is 0 Å². The molecule has 1 aromatic heterocycles. The Bertz CT molecular complexity index is 1300. The summed E-state index contributed by atoms with van der Waals surface area (Å²) < 4.78 is 2.08. The lowest BCUT2D eigenvalue weighted by molar-refractivity contribution is 0.0625. The molecule has 5 rings (SSSR count). The number of aromatic nitrogens is 2. The van der Waals surface area contributed by atoms with Crippen LogP contribution in [0, 0.1) is 0 Å². The van der Waals surface area contributed by atoms with Crippen LogP contribution in [0.1, 0.15) is 71.3 Å². The molecule has 212 valence electrons. The van der Waals surface area contributed by atoms with E-state index in [4.69, 9.17) is 16.6 Å². The topological polar surface area (TPSA) is 61.7 Å². The lowest BCUT2D eigenvalue weighted by atomic mass is 10.1. The zero-order valence-corrected chi connectivity index (χ0v) is 24.3. The maximum Gasteiger partial charge on any atom is 0.274 e. The highest BCUT2D eigenvalue weighted by atomic mass is 35.5. The number of carbonyl (C=O) groups is 2. The first kappa shape index (κ1) is 28.4. The highest BCUT2D eigenvalue weighted by Gasteiger charge is 2.34. The predicted molar refractivity (Wildman–Crippen MR) is 160 cm³/mol. The normalized spacial score (nSPS) is 15.6. The second-order valence-corrected chi connectivity index (χ2v) is 11.3. The van der Waals surface area contributed by atoms with Gasteiger partial charge in [-0.05, 0) is 62.4 Å². The minimum Gasteiger partial charge on any atom is -0.335 e. The maximum atomic E-state index is 14.1. The largest absolute Gasteiger partial charge is 0.335 e. The molecule has 3 aromatic rings. The first-order chi connectivity index (χ1) is 19.5. The summed E-state index contributed by atoms with van der Waals surface area (Å²) in [7, 11) is 0. The minimum absolute atomic E-state index is 0.0139. The minimum atomic E-state index is -0.163. The number of anilines is 1. The fourth-order valence-electron chi connectivity index (χ4n) is 5.74. The van der Waals surface area contributed by atoms with Crippen molar-refractivity contribution in [2.24, 2.45) is 0 Å². The lowest BCUT2D eigenvalue weighted by Gasteiger charge is -2.35. The third-order valence-electron chi connectivity index (χ3n) is 8.01. The Morgan fingerprint density at radius 3 is 2.50 bits per heavy atom. The molecule has 2 aromatic carbocycles. The van der Waals surface area contributed by atoms with Gasteiger partial charge in [0.1, 0.15) is 5.82 Å². The smallest absolute Gasteiger partial charge is 0.274 e. The van der Waals surface area contributed by atoms with Gasteiger partial charge in [-0.25, -0.2) is 4.98 Å². The SMILES string of the molecule is CCCCN(C(=O)c1cccc(Cl)c1)c1nc2n(c1C(=O)N1CCN(CCCc3ccccc3)CC1)CCCC2. The van der Waals surface area contributed by atoms with E-state index in [1.165, 1.54) is 5.56 Å². The highest BCUT2D eigenvalue weighted by Crippen LogP contribution is 2.30. The number of benzene rings is 2. The Balaban J connectivity index is 1.33. The van der Waals surface area contributed by atoms with Gasteiger partial charge >= 0.3 is 0 Å². The number of halogens is 1. The summed E-state index contributed by atoms with van der Waals surface area (Å²) in [5.41, 5.74) is 2.45. The zero-order chi connectivity index (χ0) is 27.9. The first-order valence-electron chi connectivity index (χ1n) is 14.8. The summed E-state index contributed by atoms with van der Waals surface area (Å²) in [6, 6.07) is 17.6. The van der Waals surface area contributed by atoms with Crippen molar-refractivity contribution in [3.05, 3.63) is 82.3 Å². The summed E-state index contributed by atoms with van der Waals surface area (Å²) in [4.78, 5) is 39.0. The number of imidazole rings is 1. The Morgan fingerprint density at radius 1 is 0.950 bits per heavy atom. The quantitative estimate of drug-likeness (QED) is 0.318. The molecular formula is C32H40ClN5O2. The van der Waals surface area contributed by atoms with E-state index < -0.39 is 0 Å². The van der Waals surface area contributed by atoms with E-state index in [2.05, 4.69) is 46.7 Å². The number of hydrogen-bond acceptors (Lipinski definition) is 4. The summed E-state index contributed by atoms with van der Waals surface area (Å²) in [5, 5.41) is 0.517. The van der Waals surface area contributed by atoms with Crippen LogP contribution in [0.2, 0.25) is 5.02 Å². The van der Waals surface area contributed by atoms with Crippen molar-refractivity contribution in [1.29, 1.82) is 0 Å². The van der Waals surface area contributed by atoms with Gasteiger partial charge in [-0.2, -0.15) is 0 Å². The number of unbranched alkanes of at least 4 members (excludes halogenated alkanes) is 1. The van der Waals surface area contributed by atoms with Gasteiger partial charge in [0.15, 0.2) is 11.5 Å². The monoisotopic (exact) mass is 561 g/mol. The van der Waals surface area contributed by atoms with Gasteiger partial charge in [0.2, 0.25) is 0 Å². The van der Waals surface area contributed by atoms with Gasteiger partial charge in [0, 0.05) is 56.3 Å². The molecular weight excluding hydrogens is 522 g/mol. The van der Waals surface area contributed by atoms with E-state index in [1.54, 1.807) is 29.2 Å². The number of carbonyl (C=O) groups excluding carboxylic acids is 2. The van der Waals surface area contributed by atoms with Crippen molar-refractivity contribution in [3.63, 3.8) is 0 Å². The second kappa shape index (κ2) is 13.5. The molecule has 1 fully saturated rings. The standard InChI is InChI=1S/C32H40ClN5O2/c1-2-3-18-38(31(39)26-14-9-15-27(33)24-26)30-29(37-19-8-7-16-28(37)34-30)32(40)36-22-20-35(21-23-36)17-10-13-25-11-5-4-6-12-25/h4-6,9,11-12,14-15,24H,2-3,7-8,10,13,16-23H2,1H3. The predicted octanol–water partition coefficient (Wildman–Crippen LogP) is 5.71. The first-order valence-corrected chi connectivity index (χ1v) is 15.2. The molecule has 2 amide bonds. The molecule has 0 saturated carbocycles. The van der Waals surface area contributed by atoms with Crippen LogP contribution in [0.4, 0.5) is 5.82 Å². The number of aryl methyl sites for hydroxylation is 2. The molecule has 2 aliphatic rings. The van der Waals surface area contributed by atoms with Crippen LogP contribution in [-0.2, 0) is 19.4 Å². The number of amides is 2. The zero-order valence-electron chi connectivity index (χ0n) is 23.5. The van der Waals surface area contributed by atoms with E-state index in [1.807, 2.05) is 4.90 Å². The second-order valence-electron chi connectivity index (χ2n) is 10.9. The lowest BCUT2D eigenvalue weighted by Crippen LogP contribution is -2.49. The van der Waals surface area contributed by atoms with Gasteiger partial charge in [0.25, 0.3) is 11.8 Å². The van der Waals surface area contributed by atoms with Gasteiger partial charge < -0.3 is 9.47 Å². The number of nitrogens with zero attached hydrogens (tertiary/aromatic N) is 5. The Kier molecular flexibility index (Phi) is 9.55. The Morgan fingerprint density at radius 2 is 1.75 bits per heavy atom. The summed E-state index contributed by atoms with van der Waals surface area (Å²) in [6.07, 6.45) is 6.81. The van der Waals surface area contributed by atoms with Crippen molar-refractivity contribution in [2.45, 2.75) is 58.4 Å². The van der Waals surface area contributed by atoms with Crippen LogP contribution >= 0.6 is 11.6 Å². The van der Waals surface area contributed by atoms with Crippen molar-refractivity contribution < 1.29 is 9.59 Å². The van der Waals surface area contributed by atoms with Crippen LogP contribution in [0.3, 0.4) is 0 Å². The van der Waals surface area contributed by atoms with E-state index in [0.29, 0.717) is 41.7 Å². The number of fused-ring (bicyclic) bond motifs is 1. The molecule has 0 bridgehead atoms. The van der Waals surface area contributed by atoms with Crippen molar-refractivity contribution in [3.8, 4) is 0 Å². The summed E-state index contributed by atoms with van der Waals surface area (Å²) in [5.74, 6) is 1.24. The van der Waals surface area contributed by atoms with Crippen LogP contribution in [-0.4, -0.2) is 70.4 Å². The molecule has 0 aliphatic carbocycles. The highest BCUT2D eigenvalue weighted by molar-refractivity contribution is 6.31. The van der Waals surface area contributed by atoms with E-state index in [9.17, 15) is 9.59 Å². The maximum absolute atomic E-state index is 14.1. The molecule has 0 spiro atoms. The number of piperazine rings is 1. The van der Waals surface area contributed by atoms with Crippen molar-refractivity contribution >= 4 is 29.2 Å². The fraction of sp³-hybridized carbons (Fsp3) is 0.469. The summed E-state index contributed by atoms with van der Waals surface area (Å²) >= 11 is 6.23. The van der Waals surface area contributed by atoms with Crippen LogP contribution < -0.4 is 4.90 Å². The van der Waals surface area contributed by atoms with E-state index in [-0.39, 0.29) is 11.8 Å². The third kappa shape index (κ3) is 6.58. The van der Waals surface area contributed by atoms with Crippen molar-refractivity contribution in [2.75, 3.05) is 44.2 Å². The molecule has 40 heavy (non-hydrogen) atoms. The molecule has 0 N–H and O–H groups in total. The van der Waals surface area contributed by atoms with E-state index in [0.717, 1.165) is 76.9 Å². The average molecular weight is 562 g/mol. The van der Waals surface area contributed by atoms with E-state index >= 15 is 0 Å². The van der Waals surface area contributed by atoms with Crippen LogP contribution in [0.25, 0.3) is 0 Å².